The average molecular weight is 244 g/mol. The molecule has 1 aliphatic heterocycles. The van der Waals surface area contributed by atoms with Gasteiger partial charge in [-0.05, 0) is 24.1 Å². The minimum absolute atomic E-state index is 0.0367. The van der Waals surface area contributed by atoms with Gasteiger partial charge in [-0.3, -0.25) is 4.79 Å². The Hall–Kier alpha value is -1.90. The van der Waals surface area contributed by atoms with Crippen LogP contribution in [0.1, 0.15) is 17.5 Å². The summed E-state index contributed by atoms with van der Waals surface area (Å²) in [4.78, 5) is 11.8. The highest BCUT2D eigenvalue weighted by Gasteiger charge is 2.26. The predicted octanol–water partition coefficient (Wildman–Crippen LogP) is -0.136. The van der Waals surface area contributed by atoms with Crippen molar-refractivity contribution < 1.29 is 4.79 Å². The molecule has 18 heavy (non-hydrogen) atoms. The van der Waals surface area contributed by atoms with Gasteiger partial charge in [0, 0.05) is 19.1 Å². The van der Waals surface area contributed by atoms with Crippen LogP contribution in [-0.4, -0.2) is 24.5 Å². The topological polar surface area (TPSA) is 90.9 Å². The number of nitrogens with zero attached hydrogens (tertiary/aromatic N) is 1. The van der Waals surface area contributed by atoms with Gasteiger partial charge in [0.05, 0.1) is 17.7 Å². The second-order valence-electron chi connectivity index (χ2n) is 4.49. The van der Waals surface area contributed by atoms with E-state index in [0.29, 0.717) is 25.1 Å². The predicted molar refractivity (Wildman–Crippen MR) is 67.4 cm³/mol. The Morgan fingerprint density at radius 1 is 1.61 bits per heavy atom. The maximum Gasteiger partial charge on any atom is 0.237 e. The second-order valence-corrected chi connectivity index (χ2v) is 4.49. The highest BCUT2D eigenvalue weighted by Crippen LogP contribution is 2.06. The lowest BCUT2D eigenvalue weighted by Crippen LogP contribution is -2.40. The van der Waals surface area contributed by atoms with Crippen molar-refractivity contribution in [1.82, 2.24) is 10.6 Å². The molecule has 1 aromatic carbocycles. The zero-order chi connectivity index (χ0) is 13.0. The number of nitriles is 1. The molecule has 0 saturated carbocycles. The summed E-state index contributed by atoms with van der Waals surface area (Å²) >= 11 is 0. The van der Waals surface area contributed by atoms with Crippen LogP contribution < -0.4 is 16.4 Å². The zero-order valence-electron chi connectivity index (χ0n) is 10.0. The van der Waals surface area contributed by atoms with E-state index in [1.54, 1.807) is 12.1 Å². The SMILES string of the molecule is N#Cc1cccc(CNC(=O)C2CC(N)CN2)c1. The van der Waals surface area contributed by atoms with E-state index in [1.807, 2.05) is 12.1 Å². The van der Waals surface area contributed by atoms with E-state index < -0.39 is 0 Å². The van der Waals surface area contributed by atoms with Gasteiger partial charge in [0.15, 0.2) is 0 Å². The summed E-state index contributed by atoms with van der Waals surface area (Å²) in [6, 6.07) is 9.14. The van der Waals surface area contributed by atoms with Crippen molar-refractivity contribution in [1.29, 1.82) is 5.26 Å². The van der Waals surface area contributed by atoms with Crippen LogP contribution in [0.15, 0.2) is 24.3 Å². The Kier molecular flexibility index (Phi) is 3.92. The summed E-state index contributed by atoms with van der Waals surface area (Å²) in [5.74, 6) is -0.0367. The summed E-state index contributed by atoms with van der Waals surface area (Å²) in [6.45, 7) is 1.11. The Morgan fingerprint density at radius 2 is 2.44 bits per heavy atom. The second kappa shape index (κ2) is 5.63. The molecule has 5 nitrogen and oxygen atoms in total. The first-order valence-corrected chi connectivity index (χ1v) is 5.95. The smallest absolute Gasteiger partial charge is 0.237 e. The largest absolute Gasteiger partial charge is 0.351 e. The molecule has 5 heteroatoms. The van der Waals surface area contributed by atoms with Crippen LogP contribution in [-0.2, 0) is 11.3 Å². The Morgan fingerprint density at radius 3 is 3.11 bits per heavy atom. The van der Waals surface area contributed by atoms with E-state index in [2.05, 4.69) is 16.7 Å². The number of carbonyl (C=O) groups excluding carboxylic acids is 1. The Labute approximate surface area is 106 Å². The van der Waals surface area contributed by atoms with E-state index in [1.165, 1.54) is 0 Å². The van der Waals surface area contributed by atoms with Gasteiger partial charge in [0.25, 0.3) is 0 Å². The first-order valence-electron chi connectivity index (χ1n) is 5.95. The Balaban J connectivity index is 1.87. The first kappa shape index (κ1) is 12.6. The maximum absolute atomic E-state index is 11.8. The van der Waals surface area contributed by atoms with Crippen LogP contribution in [0.3, 0.4) is 0 Å². The minimum atomic E-state index is -0.195. The van der Waals surface area contributed by atoms with Crippen LogP contribution in [0.5, 0.6) is 0 Å². The third kappa shape index (κ3) is 3.06. The fourth-order valence-corrected chi connectivity index (χ4v) is 2.03. The highest BCUT2D eigenvalue weighted by molar-refractivity contribution is 5.82. The number of hydrogen-bond acceptors (Lipinski definition) is 4. The number of amides is 1. The van der Waals surface area contributed by atoms with Crippen LogP contribution in [0.2, 0.25) is 0 Å². The fourth-order valence-electron chi connectivity index (χ4n) is 2.03. The lowest BCUT2D eigenvalue weighted by Gasteiger charge is -2.11. The molecular weight excluding hydrogens is 228 g/mol. The van der Waals surface area contributed by atoms with Crippen molar-refractivity contribution in [3.63, 3.8) is 0 Å². The van der Waals surface area contributed by atoms with Crippen LogP contribution in [0.4, 0.5) is 0 Å². The number of benzene rings is 1. The number of carbonyl (C=O) groups is 1. The van der Waals surface area contributed by atoms with Gasteiger partial charge in [0.2, 0.25) is 5.91 Å². The molecule has 1 saturated heterocycles. The number of nitrogens with one attached hydrogen (secondary N) is 2. The molecule has 1 heterocycles. The van der Waals surface area contributed by atoms with E-state index in [4.69, 9.17) is 11.0 Å². The molecule has 1 aliphatic rings. The average Bonchev–Trinajstić information content (AvgIpc) is 2.83. The van der Waals surface area contributed by atoms with E-state index in [-0.39, 0.29) is 18.0 Å². The molecule has 2 unspecified atom stereocenters. The molecule has 2 atom stereocenters. The molecule has 1 aromatic rings. The van der Waals surface area contributed by atoms with Crippen LogP contribution >= 0.6 is 0 Å². The van der Waals surface area contributed by atoms with Crippen LogP contribution in [0, 0.1) is 11.3 Å². The van der Waals surface area contributed by atoms with Gasteiger partial charge in [-0.1, -0.05) is 12.1 Å². The minimum Gasteiger partial charge on any atom is -0.351 e. The van der Waals surface area contributed by atoms with E-state index in [0.717, 1.165) is 5.56 Å². The molecule has 0 bridgehead atoms. The molecule has 0 aliphatic carbocycles. The normalized spacial score (nSPS) is 22.4. The van der Waals surface area contributed by atoms with Crippen molar-refractivity contribution in [3.05, 3.63) is 35.4 Å². The summed E-state index contributed by atoms with van der Waals surface area (Å²) in [7, 11) is 0. The third-order valence-corrected chi connectivity index (χ3v) is 3.00. The lowest BCUT2D eigenvalue weighted by molar-refractivity contribution is -0.122. The summed E-state index contributed by atoms with van der Waals surface area (Å²) in [6.07, 6.45) is 0.671. The van der Waals surface area contributed by atoms with E-state index >= 15 is 0 Å². The monoisotopic (exact) mass is 244 g/mol. The number of hydrogen-bond donors (Lipinski definition) is 3. The molecular formula is C13H16N4O. The van der Waals surface area contributed by atoms with Crippen molar-refractivity contribution in [2.45, 2.75) is 25.0 Å². The van der Waals surface area contributed by atoms with Gasteiger partial charge < -0.3 is 16.4 Å². The standard InChI is InChI=1S/C13H16N4O/c14-6-9-2-1-3-10(4-9)7-17-13(18)12-5-11(15)8-16-12/h1-4,11-12,16H,5,7-8,15H2,(H,17,18). The molecule has 4 N–H and O–H groups in total. The summed E-state index contributed by atoms with van der Waals surface area (Å²) < 4.78 is 0. The van der Waals surface area contributed by atoms with Crippen LogP contribution in [0.25, 0.3) is 0 Å². The van der Waals surface area contributed by atoms with Gasteiger partial charge in [-0.2, -0.15) is 5.26 Å². The molecule has 0 aromatic heterocycles. The number of rotatable bonds is 3. The molecule has 0 spiro atoms. The first-order chi connectivity index (χ1) is 8.69. The number of nitrogens with two attached hydrogens (primary N) is 1. The van der Waals surface area contributed by atoms with Gasteiger partial charge in [-0.15, -0.1) is 0 Å². The third-order valence-electron chi connectivity index (χ3n) is 3.00. The molecule has 0 radical (unpaired) electrons. The summed E-state index contributed by atoms with van der Waals surface area (Å²) in [5.41, 5.74) is 7.25. The Bertz CT molecular complexity index is 480. The van der Waals surface area contributed by atoms with Gasteiger partial charge in [0.1, 0.15) is 0 Å². The summed E-state index contributed by atoms with van der Waals surface area (Å²) in [5, 5.41) is 14.7. The molecule has 94 valence electrons. The molecule has 1 fully saturated rings. The zero-order valence-corrected chi connectivity index (χ0v) is 10.0. The quantitative estimate of drug-likeness (QED) is 0.690. The lowest BCUT2D eigenvalue weighted by atomic mass is 10.1. The molecule has 1 amide bonds. The molecule has 2 rings (SSSR count). The van der Waals surface area contributed by atoms with Crippen molar-refractivity contribution in [3.8, 4) is 6.07 Å². The highest BCUT2D eigenvalue weighted by atomic mass is 16.2. The van der Waals surface area contributed by atoms with Crippen molar-refractivity contribution >= 4 is 5.91 Å². The van der Waals surface area contributed by atoms with Gasteiger partial charge in [-0.25, -0.2) is 0 Å². The van der Waals surface area contributed by atoms with Gasteiger partial charge >= 0.3 is 0 Å². The maximum atomic E-state index is 11.8. The fraction of sp³-hybridized carbons (Fsp3) is 0.385. The van der Waals surface area contributed by atoms with E-state index in [9.17, 15) is 4.79 Å². The van der Waals surface area contributed by atoms with Crippen molar-refractivity contribution in [2.75, 3.05) is 6.54 Å². The van der Waals surface area contributed by atoms with Crippen molar-refractivity contribution in [2.24, 2.45) is 5.73 Å².